The number of aromatic hydroxyl groups is 1. The van der Waals surface area contributed by atoms with Crippen molar-refractivity contribution in [2.75, 3.05) is 12.8 Å². The van der Waals surface area contributed by atoms with Crippen molar-refractivity contribution < 1.29 is 5.11 Å². The Morgan fingerprint density at radius 3 is 2.93 bits per heavy atom. The van der Waals surface area contributed by atoms with Crippen LogP contribution in [-0.2, 0) is 0 Å². The number of phenolic OH excluding ortho intramolecular Hbond substituents is 1. The number of nitrogens with one attached hydrogen (secondary N) is 1. The molecular formula is C12H17NOS. The Labute approximate surface area is 95.1 Å². The molecule has 0 spiro atoms. The normalized spacial score (nSPS) is 21.5. The fourth-order valence-electron chi connectivity index (χ4n) is 2.16. The van der Waals surface area contributed by atoms with Crippen molar-refractivity contribution in [2.45, 2.75) is 30.2 Å². The average Bonchev–Trinajstić information content (AvgIpc) is 2.30. The molecule has 0 saturated carbocycles. The molecule has 0 bridgehead atoms. The van der Waals surface area contributed by atoms with Crippen LogP contribution in [0.4, 0.5) is 0 Å². The fraction of sp³-hybridized carbons (Fsp3) is 0.500. The van der Waals surface area contributed by atoms with E-state index in [0.29, 0.717) is 11.8 Å². The number of hydrogen-bond donors (Lipinski definition) is 2. The van der Waals surface area contributed by atoms with E-state index in [4.69, 9.17) is 0 Å². The molecule has 1 aromatic carbocycles. The van der Waals surface area contributed by atoms with Crippen molar-refractivity contribution in [1.29, 1.82) is 0 Å². The van der Waals surface area contributed by atoms with Crippen molar-refractivity contribution in [2.24, 2.45) is 0 Å². The molecule has 2 nitrogen and oxygen atoms in total. The van der Waals surface area contributed by atoms with Crippen molar-refractivity contribution in [3.8, 4) is 5.75 Å². The highest BCUT2D eigenvalue weighted by Gasteiger charge is 2.18. The van der Waals surface area contributed by atoms with Crippen molar-refractivity contribution in [3.63, 3.8) is 0 Å². The zero-order valence-electron chi connectivity index (χ0n) is 8.99. The lowest BCUT2D eigenvalue weighted by Crippen LogP contribution is -2.27. The predicted molar refractivity (Wildman–Crippen MR) is 64.5 cm³/mol. The third kappa shape index (κ3) is 2.29. The minimum atomic E-state index is 0.410. The summed E-state index contributed by atoms with van der Waals surface area (Å²) >= 11 is 1.63. The minimum Gasteiger partial charge on any atom is -0.507 e. The summed E-state index contributed by atoms with van der Waals surface area (Å²) in [7, 11) is 0. The summed E-state index contributed by atoms with van der Waals surface area (Å²) < 4.78 is 0. The number of thioether (sulfide) groups is 1. The number of benzene rings is 1. The van der Waals surface area contributed by atoms with Gasteiger partial charge in [-0.05, 0) is 37.3 Å². The van der Waals surface area contributed by atoms with Crippen LogP contribution < -0.4 is 5.32 Å². The smallest absolute Gasteiger partial charge is 0.129 e. The van der Waals surface area contributed by atoms with Gasteiger partial charge in [0.1, 0.15) is 5.75 Å². The van der Waals surface area contributed by atoms with Crippen LogP contribution in [0.5, 0.6) is 5.75 Å². The molecule has 15 heavy (non-hydrogen) atoms. The maximum atomic E-state index is 9.77. The first-order chi connectivity index (χ1) is 7.33. The zero-order chi connectivity index (χ0) is 10.7. The molecule has 82 valence electrons. The predicted octanol–water partition coefficient (Wildman–Crippen LogP) is 2.93. The maximum absolute atomic E-state index is 9.77. The second-order valence-corrected chi connectivity index (χ2v) is 4.72. The molecule has 1 aromatic rings. The van der Waals surface area contributed by atoms with E-state index in [1.807, 2.05) is 12.3 Å². The standard InChI is InChI=1S/C12H17NOS/c1-15-12-9(5-4-7-11(12)14)10-6-2-3-8-13-10/h4-5,7,10,13-14H,2-3,6,8H2,1H3. The van der Waals surface area contributed by atoms with Gasteiger partial charge < -0.3 is 10.4 Å². The van der Waals surface area contributed by atoms with E-state index in [-0.39, 0.29) is 0 Å². The third-order valence-corrected chi connectivity index (χ3v) is 3.77. The average molecular weight is 223 g/mol. The van der Waals surface area contributed by atoms with Gasteiger partial charge in [0.2, 0.25) is 0 Å². The zero-order valence-corrected chi connectivity index (χ0v) is 9.81. The van der Waals surface area contributed by atoms with Gasteiger partial charge >= 0.3 is 0 Å². The van der Waals surface area contributed by atoms with Crippen LogP contribution in [0, 0.1) is 0 Å². The van der Waals surface area contributed by atoms with Gasteiger partial charge in [-0.15, -0.1) is 11.8 Å². The van der Waals surface area contributed by atoms with Crippen LogP contribution >= 0.6 is 11.8 Å². The van der Waals surface area contributed by atoms with Gasteiger partial charge in [-0.1, -0.05) is 18.6 Å². The molecule has 1 aliphatic heterocycles. The number of hydrogen-bond acceptors (Lipinski definition) is 3. The second-order valence-electron chi connectivity index (χ2n) is 3.90. The van der Waals surface area contributed by atoms with Crippen LogP contribution in [0.3, 0.4) is 0 Å². The first-order valence-electron chi connectivity index (χ1n) is 5.42. The monoisotopic (exact) mass is 223 g/mol. The maximum Gasteiger partial charge on any atom is 0.129 e. The van der Waals surface area contributed by atoms with Gasteiger partial charge in [0.15, 0.2) is 0 Å². The van der Waals surface area contributed by atoms with Gasteiger partial charge in [-0.3, -0.25) is 0 Å². The Kier molecular flexibility index (Phi) is 3.54. The summed E-state index contributed by atoms with van der Waals surface area (Å²) in [5, 5.41) is 13.3. The molecule has 1 fully saturated rings. The topological polar surface area (TPSA) is 32.3 Å². The molecular weight excluding hydrogens is 206 g/mol. The Hall–Kier alpha value is -0.670. The molecule has 1 aliphatic rings. The van der Waals surface area contributed by atoms with Crippen LogP contribution in [0.1, 0.15) is 30.9 Å². The number of piperidine rings is 1. The minimum absolute atomic E-state index is 0.410. The largest absolute Gasteiger partial charge is 0.507 e. The van der Waals surface area contributed by atoms with E-state index in [0.717, 1.165) is 11.4 Å². The van der Waals surface area contributed by atoms with Crippen molar-refractivity contribution >= 4 is 11.8 Å². The first kappa shape index (κ1) is 10.8. The van der Waals surface area contributed by atoms with Crippen LogP contribution in [0.2, 0.25) is 0 Å². The quantitative estimate of drug-likeness (QED) is 0.756. The van der Waals surface area contributed by atoms with Gasteiger partial charge in [-0.2, -0.15) is 0 Å². The van der Waals surface area contributed by atoms with E-state index >= 15 is 0 Å². The Morgan fingerprint density at radius 2 is 2.27 bits per heavy atom. The summed E-state index contributed by atoms with van der Waals surface area (Å²) in [6.07, 6.45) is 5.74. The molecule has 3 heteroatoms. The lowest BCUT2D eigenvalue weighted by molar-refractivity contribution is 0.401. The van der Waals surface area contributed by atoms with Crippen molar-refractivity contribution in [1.82, 2.24) is 5.32 Å². The Bertz CT molecular complexity index is 334. The highest BCUT2D eigenvalue weighted by molar-refractivity contribution is 7.98. The number of rotatable bonds is 2. The summed E-state index contributed by atoms with van der Waals surface area (Å²) in [5.41, 5.74) is 1.25. The molecule has 1 unspecified atom stereocenters. The van der Waals surface area contributed by atoms with Gasteiger partial charge in [0, 0.05) is 6.04 Å². The SMILES string of the molecule is CSc1c(O)cccc1C1CCCCN1. The summed E-state index contributed by atoms with van der Waals surface area (Å²) in [5.74, 6) is 0.410. The van der Waals surface area contributed by atoms with Crippen LogP contribution in [0.25, 0.3) is 0 Å². The summed E-state index contributed by atoms with van der Waals surface area (Å²) in [6.45, 7) is 1.09. The van der Waals surface area contributed by atoms with Gasteiger partial charge in [-0.25, -0.2) is 0 Å². The lowest BCUT2D eigenvalue weighted by Gasteiger charge is -2.25. The van der Waals surface area contributed by atoms with E-state index in [1.54, 1.807) is 17.8 Å². The lowest BCUT2D eigenvalue weighted by atomic mass is 9.97. The van der Waals surface area contributed by atoms with E-state index in [1.165, 1.54) is 24.8 Å². The van der Waals surface area contributed by atoms with E-state index < -0.39 is 0 Å². The van der Waals surface area contributed by atoms with Gasteiger partial charge in [0.25, 0.3) is 0 Å². The second kappa shape index (κ2) is 4.90. The number of phenols is 1. The molecule has 1 saturated heterocycles. The Morgan fingerprint density at radius 1 is 1.40 bits per heavy atom. The van der Waals surface area contributed by atoms with E-state index in [2.05, 4.69) is 11.4 Å². The van der Waals surface area contributed by atoms with Gasteiger partial charge in [0.05, 0.1) is 4.90 Å². The molecule has 0 amide bonds. The molecule has 0 aromatic heterocycles. The van der Waals surface area contributed by atoms with E-state index in [9.17, 15) is 5.11 Å². The molecule has 0 aliphatic carbocycles. The molecule has 1 atom stereocenters. The van der Waals surface area contributed by atoms with Crippen molar-refractivity contribution in [3.05, 3.63) is 23.8 Å². The molecule has 0 radical (unpaired) electrons. The van der Waals surface area contributed by atoms with Crippen LogP contribution in [-0.4, -0.2) is 17.9 Å². The first-order valence-corrected chi connectivity index (χ1v) is 6.64. The fourth-order valence-corrected chi connectivity index (χ4v) is 2.88. The highest BCUT2D eigenvalue weighted by atomic mass is 32.2. The molecule has 2 rings (SSSR count). The third-order valence-electron chi connectivity index (χ3n) is 2.91. The molecule has 2 N–H and O–H groups in total. The highest BCUT2D eigenvalue weighted by Crippen LogP contribution is 2.36. The summed E-state index contributed by atoms with van der Waals surface area (Å²) in [6, 6.07) is 6.24. The molecule has 1 heterocycles. The summed E-state index contributed by atoms with van der Waals surface area (Å²) in [4.78, 5) is 1.02. The Balaban J connectivity index is 2.29. The van der Waals surface area contributed by atoms with Crippen LogP contribution in [0.15, 0.2) is 23.1 Å².